The van der Waals surface area contributed by atoms with Crippen LogP contribution in [-0.2, 0) is 60.3 Å². The molecule has 9 aromatic carbocycles. The quantitative estimate of drug-likeness (QED) is 0.113. The van der Waals surface area contributed by atoms with Crippen molar-refractivity contribution < 1.29 is 89.1 Å². The molecule has 6 heterocycles. The monoisotopic (exact) mass is 2100 g/mol. The summed E-state index contributed by atoms with van der Waals surface area (Å²) in [6.45, 7) is -7.29. The van der Waals surface area contributed by atoms with Gasteiger partial charge in [0.15, 0.2) is 0 Å². The van der Waals surface area contributed by atoms with Crippen LogP contribution in [0, 0.1) is 84.5 Å². The van der Waals surface area contributed by atoms with Gasteiger partial charge >= 0.3 is 0 Å². The van der Waals surface area contributed by atoms with Gasteiger partial charge in [-0.25, -0.2) is 0 Å². The number of aryl methyl sites for hydroxylation is 7. The first kappa shape index (κ1) is 64.8. The first-order valence-corrected chi connectivity index (χ1v) is 38.9. The Bertz CT molecular complexity index is 5960. The Morgan fingerprint density at radius 1 is 0.246 bits per heavy atom. The fraction of sp³-hybridized carbons (Fsp3) is 0.229. The summed E-state index contributed by atoms with van der Waals surface area (Å²) in [7, 11) is 0. The predicted octanol–water partition coefficient (Wildman–Crippen LogP) is 27.8. The van der Waals surface area contributed by atoms with Crippen molar-refractivity contribution in [3.05, 3.63) is 431 Å². The van der Waals surface area contributed by atoms with Gasteiger partial charge in [-0.1, -0.05) is 175 Å². The van der Waals surface area contributed by atoms with Crippen LogP contribution in [0.2, 0.25) is 0 Å². The zero-order chi connectivity index (χ0) is 97.4. The molecule has 3 aliphatic rings. The summed E-state index contributed by atoms with van der Waals surface area (Å²) in [6, 6.07) is 107. The van der Waals surface area contributed by atoms with E-state index in [1.165, 1.54) is 48.9 Å². The normalized spacial score (nSPS) is 23.2. The third-order valence-corrected chi connectivity index (χ3v) is 20.5. The summed E-state index contributed by atoms with van der Waals surface area (Å²) in [5, 5.41) is 0. The SMILES string of the molecule is [2H]C([2H])([2H])c1c[c-]c(-c2cc(C)c(C([2H])([2H])[2H])cn2)cc1.[2H]C([2H])([2H])c1c[c-]c(-c2ccc(C([2H])([2H])[2H])cn2)cc1.[2H]C([2H])([2H])c1cnc(-c2[c-]cccc2)cc1C.[2H]C1(c2ccccc2)CCC([2H])(c2ccnc(-c3[c-]cccc3)c2)CC1.[2H]C1(c2ccccc2)CCC([2H])(c2ccnc(-c3[c-]cccc3)c2)CC1.[2H]C1(c2ccccc2)CCC([2H])(c2ccnc(-c3[c-]cccc3)c2)CC1.[Ir].[Ir].[Ir]. The topological polar surface area (TPSA) is 77.3 Å². The maximum absolute atomic E-state index is 9.04. The molecule has 3 aliphatic carbocycles. The fourth-order valence-corrected chi connectivity index (χ4v) is 14.0. The Kier molecular flexibility index (Phi) is 25.7. The van der Waals surface area contributed by atoms with Gasteiger partial charge in [-0.15, -0.1) is 214 Å². The van der Waals surface area contributed by atoms with Gasteiger partial charge in [-0.2, -0.15) is 0 Å². The molecule has 0 N–H and O–H groups in total. The van der Waals surface area contributed by atoms with E-state index in [9.17, 15) is 0 Å². The van der Waals surface area contributed by atoms with Crippen LogP contribution < -0.4 is 0 Å². The van der Waals surface area contributed by atoms with Gasteiger partial charge in [0, 0.05) is 126 Å². The van der Waals surface area contributed by atoms with Crippen molar-refractivity contribution in [1.82, 2.24) is 29.9 Å². The molecule has 0 aliphatic heterocycles. The maximum atomic E-state index is 9.04. The molecule has 9 heteroatoms. The van der Waals surface area contributed by atoms with Crippen molar-refractivity contribution in [2.45, 2.75) is 161 Å². The number of aromatic nitrogens is 6. The van der Waals surface area contributed by atoms with Gasteiger partial charge in [0.2, 0.25) is 0 Å². The maximum Gasteiger partial charge on any atom is 0.0352 e. The summed E-state index contributed by atoms with van der Waals surface area (Å²) in [6.07, 6.45) is 17.8. The van der Waals surface area contributed by atoms with Crippen LogP contribution in [-0.4, -0.2) is 29.9 Å². The number of benzene rings is 9. The van der Waals surface area contributed by atoms with Gasteiger partial charge in [-0.3, -0.25) is 0 Å². The minimum absolute atomic E-state index is 0. The van der Waals surface area contributed by atoms with Gasteiger partial charge in [0.25, 0.3) is 0 Å². The van der Waals surface area contributed by atoms with E-state index in [1.54, 1.807) is 62.8 Å². The van der Waals surface area contributed by atoms with E-state index < -0.39 is 69.6 Å². The first-order valence-electron chi connectivity index (χ1n) is 49.4. The summed E-state index contributed by atoms with van der Waals surface area (Å²) in [4.78, 5) is 25.8. The second-order valence-corrected chi connectivity index (χ2v) is 28.3. The van der Waals surface area contributed by atoms with Crippen molar-refractivity contribution in [2.75, 3.05) is 0 Å². The first-order chi connectivity index (χ1) is 64.5. The smallest absolute Gasteiger partial charge is 0.0352 e. The standard InChI is InChI=1S/3C23H22N.C14H14N.2C13H12N.3Ir/c3*1-3-7-18(8-4-1)19-11-13-20(14-12-19)22-15-16-24-23(17-22)21-9-5-2-6-10-21;1-10-4-6-13(7-5-10)14-8-11(2)12(3)9-15-14;1-10-3-6-12(7-4-10)13-8-5-11(2)9-14-13;1-10-8-13(14-9-11(10)2)12-6-4-3-5-7-12;;;/h3*1-9,15-17,19-20H,11-14H2;4-6,8-9H,1-3H3;2*3-6,8-9H,1-2H3;;;/q6*-1;;;/i3*19D,20D;1D3,3D3;1D3,2D3;2D3;;;. The molecule has 0 bridgehead atoms. The van der Waals surface area contributed by atoms with Crippen LogP contribution in [0.1, 0.15) is 214 Å². The van der Waals surface area contributed by atoms with Crippen LogP contribution in [0.3, 0.4) is 0 Å². The Labute approximate surface area is 773 Å². The number of hydrogen-bond acceptors (Lipinski definition) is 6. The molecule has 0 unspecified atom stereocenters. The van der Waals surface area contributed by atoms with E-state index in [0.717, 1.165) is 84.0 Å². The van der Waals surface area contributed by atoms with Crippen LogP contribution in [0.5, 0.6) is 0 Å². The number of hydrogen-bond donors (Lipinski definition) is 0. The zero-order valence-electron chi connectivity index (χ0n) is 86.8. The largest absolute Gasteiger partial charge is 0.305 e. The number of pyridine rings is 6. The Morgan fingerprint density at radius 2 is 0.525 bits per heavy atom. The Hall–Kier alpha value is -10.2. The van der Waals surface area contributed by atoms with Crippen LogP contribution in [0.25, 0.3) is 67.5 Å². The zero-order valence-corrected chi connectivity index (χ0v) is 73.0. The molecule has 15 aromatic rings. The Morgan fingerprint density at radius 3 is 0.788 bits per heavy atom. The van der Waals surface area contributed by atoms with Crippen LogP contribution in [0.4, 0.5) is 0 Å². The summed E-state index contributed by atoms with van der Waals surface area (Å²) in [5.41, 5.74) is 18.1. The molecule has 3 radical (unpaired) electrons. The van der Waals surface area contributed by atoms with Crippen molar-refractivity contribution >= 4 is 0 Å². The molecule has 0 amide bonds. The summed E-state index contributed by atoms with van der Waals surface area (Å²) < 4.78 is 164. The van der Waals surface area contributed by atoms with E-state index in [0.29, 0.717) is 111 Å². The molecular formula is C109H104Ir3N6-6. The van der Waals surface area contributed by atoms with E-state index >= 15 is 0 Å². The van der Waals surface area contributed by atoms with E-state index in [4.69, 9.17) is 28.8 Å². The average molecular weight is 2100 g/mol. The molecule has 118 heavy (non-hydrogen) atoms. The van der Waals surface area contributed by atoms with E-state index in [1.807, 2.05) is 224 Å². The van der Waals surface area contributed by atoms with E-state index in [2.05, 4.69) is 66.3 Å². The average Bonchev–Trinajstić information content (AvgIpc) is 0.773. The Balaban J connectivity index is 0.000000172. The second kappa shape index (κ2) is 46.8. The molecule has 0 spiro atoms. The van der Waals surface area contributed by atoms with Gasteiger partial charge in [0.1, 0.15) is 0 Å². The minimum Gasteiger partial charge on any atom is -0.305 e. The third-order valence-electron chi connectivity index (χ3n) is 20.5. The van der Waals surface area contributed by atoms with Gasteiger partial charge in [-0.05, 0) is 233 Å². The molecular weight excluding hydrogens is 1970 g/mol. The molecule has 3 fully saturated rings. The van der Waals surface area contributed by atoms with E-state index in [-0.39, 0.29) is 82.6 Å². The minimum atomic E-state index is -2.19. The third kappa shape index (κ3) is 26.4. The number of rotatable bonds is 12. The molecule has 6 aromatic heterocycles. The van der Waals surface area contributed by atoms with Crippen LogP contribution >= 0.6 is 0 Å². The molecule has 6 nitrogen and oxygen atoms in total. The number of nitrogens with zero attached hydrogens (tertiary/aromatic N) is 6. The van der Waals surface area contributed by atoms with Crippen molar-refractivity contribution in [1.29, 1.82) is 0 Å². The van der Waals surface area contributed by atoms with Crippen LogP contribution in [0.15, 0.2) is 322 Å². The molecule has 603 valence electrons. The molecule has 3 saturated carbocycles. The molecule has 0 saturated heterocycles. The second-order valence-electron chi connectivity index (χ2n) is 28.3. The molecule has 18 rings (SSSR count). The fourth-order valence-electron chi connectivity index (χ4n) is 14.0. The summed E-state index contributed by atoms with van der Waals surface area (Å²) in [5.74, 6) is -3.66. The molecule has 0 atom stereocenters. The van der Waals surface area contributed by atoms with Crippen molar-refractivity contribution in [3.63, 3.8) is 0 Å². The predicted molar refractivity (Wildman–Crippen MR) is 475 cm³/mol. The van der Waals surface area contributed by atoms with Gasteiger partial charge in [0.05, 0.1) is 0 Å². The van der Waals surface area contributed by atoms with Gasteiger partial charge < -0.3 is 29.9 Å². The summed E-state index contributed by atoms with van der Waals surface area (Å²) >= 11 is 0. The van der Waals surface area contributed by atoms with Crippen molar-refractivity contribution in [3.8, 4) is 67.5 Å². The van der Waals surface area contributed by atoms with Crippen molar-refractivity contribution in [2.24, 2.45) is 0 Å².